The number of halogens is 3. The monoisotopic (exact) mass is 392 g/mol. The van der Waals surface area contributed by atoms with Gasteiger partial charge >= 0.3 is 0 Å². The largest absolute Gasteiger partial charge is 0.277 e. The van der Waals surface area contributed by atoms with Crippen LogP contribution in [0.5, 0.6) is 0 Å². The minimum Gasteiger partial charge on any atom is -0.277 e. The molecule has 0 amide bonds. The Morgan fingerprint density at radius 3 is 2.62 bits per heavy atom. The number of anilines is 1. The van der Waals surface area contributed by atoms with Gasteiger partial charge in [0, 0.05) is 15.7 Å². The highest BCUT2D eigenvalue weighted by Crippen LogP contribution is 2.28. The standard InChI is InChI=1S/C13H11BrClFN2O2S/c1-7-10(14)6-17-8(2)13(7)18-21(19,20)12-4-3-9(15)5-11(12)16/h3-6,18H,1-2H3. The molecule has 1 heterocycles. The predicted octanol–water partition coefficient (Wildman–Crippen LogP) is 4.05. The summed E-state index contributed by atoms with van der Waals surface area (Å²) in [6.07, 6.45) is 1.57. The number of aromatic nitrogens is 1. The van der Waals surface area contributed by atoms with Crippen molar-refractivity contribution in [2.75, 3.05) is 4.72 Å². The highest BCUT2D eigenvalue weighted by Gasteiger charge is 2.21. The molecule has 0 radical (unpaired) electrons. The summed E-state index contributed by atoms with van der Waals surface area (Å²) in [5.41, 5.74) is 1.48. The number of nitrogens with one attached hydrogen (secondary N) is 1. The Balaban J connectivity index is 2.50. The molecule has 0 aliphatic rings. The van der Waals surface area contributed by atoms with Crippen molar-refractivity contribution >= 4 is 43.2 Å². The van der Waals surface area contributed by atoms with Crippen molar-refractivity contribution in [3.63, 3.8) is 0 Å². The molecule has 0 spiro atoms. The van der Waals surface area contributed by atoms with Crippen molar-refractivity contribution in [1.82, 2.24) is 4.98 Å². The summed E-state index contributed by atoms with van der Waals surface area (Å²) in [6.45, 7) is 3.39. The van der Waals surface area contributed by atoms with Gasteiger partial charge in [-0.2, -0.15) is 0 Å². The van der Waals surface area contributed by atoms with Crippen LogP contribution in [0.3, 0.4) is 0 Å². The fourth-order valence-corrected chi connectivity index (χ4v) is 3.44. The SMILES string of the molecule is Cc1ncc(Br)c(C)c1NS(=O)(=O)c1ccc(Cl)cc1F. The molecule has 0 fully saturated rings. The molecule has 0 saturated heterocycles. The molecule has 8 heteroatoms. The third-order valence-electron chi connectivity index (χ3n) is 2.89. The van der Waals surface area contributed by atoms with E-state index in [4.69, 9.17) is 11.6 Å². The zero-order chi connectivity index (χ0) is 15.8. The van der Waals surface area contributed by atoms with Gasteiger partial charge in [-0.05, 0) is 53.5 Å². The first-order valence-electron chi connectivity index (χ1n) is 5.82. The van der Waals surface area contributed by atoms with E-state index in [1.165, 1.54) is 6.07 Å². The van der Waals surface area contributed by atoms with E-state index in [0.717, 1.165) is 12.1 Å². The number of pyridine rings is 1. The normalized spacial score (nSPS) is 11.5. The number of sulfonamides is 1. The second-order valence-electron chi connectivity index (χ2n) is 4.37. The molecule has 0 unspecified atom stereocenters. The molecule has 0 saturated carbocycles. The van der Waals surface area contributed by atoms with Crippen LogP contribution in [-0.4, -0.2) is 13.4 Å². The summed E-state index contributed by atoms with van der Waals surface area (Å²) in [5, 5.41) is 0.128. The molecule has 1 N–H and O–H groups in total. The van der Waals surface area contributed by atoms with Crippen LogP contribution in [-0.2, 0) is 10.0 Å². The molecule has 1 aromatic carbocycles. The van der Waals surface area contributed by atoms with Crippen LogP contribution in [0.1, 0.15) is 11.3 Å². The maximum Gasteiger partial charge on any atom is 0.264 e. The minimum atomic E-state index is -4.07. The van der Waals surface area contributed by atoms with Crippen LogP contribution in [0.25, 0.3) is 0 Å². The van der Waals surface area contributed by atoms with Gasteiger partial charge in [-0.15, -0.1) is 0 Å². The van der Waals surface area contributed by atoms with E-state index in [9.17, 15) is 12.8 Å². The van der Waals surface area contributed by atoms with Gasteiger partial charge in [-0.3, -0.25) is 9.71 Å². The summed E-state index contributed by atoms with van der Waals surface area (Å²) < 4.78 is 41.4. The quantitative estimate of drug-likeness (QED) is 0.855. The van der Waals surface area contributed by atoms with Crippen molar-refractivity contribution in [2.45, 2.75) is 18.7 Å². The fourth-order valence-electron chi connectivity index (χ4n) is 1.74. The number of aryl methyl sites for hydroxylation is 1. The highest BCUT2D eigenvalue weighted by molar-refractivity contribution is 9.10. The third kappa shape index (κ3) is 3.36. The number of benzene rings is 1. The zero-order valence-electron chi connectivity index (χ0n) is 11.1. The van der Waals surface area contributed by atoms with Gasteiger partial charge in [0.15, 0.2) is 0 Å². The second-order valence-corrected chi connectivity index (χ2v) is 7.31. The first kappa shape index (κ1) is 16.2. The van der Waals surface area contributed by atoms with Gasteiger partial charge in [0.05, 0.1) is 11.4 Å². The fraction of sp³-hybridized carbons (Fsp3) is 0.154. The Bertz CT molecular complexity index is 812. The van der Waals surface area contributed by atoms with Crippen LogP contribution in [0, 0.1) is 19.7 Å². The Morgan fingerprint density at radius 1 is 1.33 bits per heavy atom. The van der Waals surface area contributed by atoms with E-state index in [1.54, 1.807) is 20.0 Å². The highest BCUT2D eigenvalue weighted by atomic mass is 79.9. The third-order valence-corrected chi connectivity index (χ3v) is 5.30. The minimum absolute atomic E-state index is 0.128. The first-order valence-corrected chi connectivity index (χ1v) is 8.47. The van der Waals surface area contributed by atoms with Gasteiger partial charge in [0.2, 0.25) is 0 Å². The molecule has 2 aromatic rings. The first-order chi connectivity index (χ1) is 9.72. The number of hydrogen-bond acceptors (Lipinski definition) is 3. The van der Waals surface area contributed by atoms with E-state index in [-0.39, 0.29) is 5.02 Å². The Kier molecular flexibility index (Phi) is 4.55. The molecule has 1 aromatic heterocycles. The molecule has 112 valence electrons. The van der Waals surface area contributed by atoms with Gasteiger partial charge in [0.1, 0.15) is 10.7 Å². The molecule has 0 aliphatic heterocycles. The van der Waals surface area contributed by atoms with Crippen molar-refractivity contribution in [3.05, 3.63) is 51.0 Å². The van der Waals surface area contributed by atoms with E-state index in [2.05, 4.69) is 25.6 Å². The van der Waals surface area contributed by atoms with Crippen LogP contribution in [0.4, 0.5) is 10.1 Å². The van der Waals surface area contributed by atoms with Gasteiger partial charge in [-0.25, -0.2) is 12.8 Å². The van der Waals surface area contributed by atoms with Gasteiger partial charge in [0.25, 0.3) is 10.0 Å². The summed E-state index contributed by atoms with van der Waals surface area (Å²) in [7, 11) is -4.07. The van der Waals surface area contributed by atoms with E-state index in [0.29, 0.717) is 21.4 Å². The van der Waals surface area contributed by atoms with Gasteiger partial charge in [-0.1, -0.05) is 11.6 Å². The molecule has 0 bridgehead atoms. The molecule has 0 atom stereocenters. The van der Waals surface area contributed by atoms with Gasteiger partial charge < -0.3 is 0 Å². The van der Waals surface area contributed by atoms with Crippen molar-refractivity contribution in [3.8, 4) is 0 Å². The van der Waals surface area contributed by atoms with Crippen molar-refractivity contribution in [1.29, 1.82) is 0 Å². The Labute approximate surface area is 135 Å². The van der Waals surface area contributed by atoms with E-state index < -0.39 is 20.7 Å². The average molecular weight is 394 g/mol. The zero-order valence-corrected chi connectivity index (χ0v) is 14.3. The smallest absolute Gasteiger partial charge is 0.264 e. The molecule has 21 heavy (non-hydrogen) atoms. The molecule has 0 aliphatic carbocycles. The lowest BCUT2D eigenvalue weighted by molar-refractivity contribution is 0.570. The summed E-state index contributed by atoms with van der Waals surface area (Å²) >= 11 is 8.91. The molecule has 4 nitrogen and oxygen atoms in total. The van der Waals surface area contributed by atoms with E-state index >= 15 is 0 Å². The van der Waals surface area contributed by atoms with Crippen molar-refractivity contribution in [2.24, 2.45) is 0 Å². The maximum atomic E-state index is 13.8. The number of nitrogens with zero attached hydrogens (tertiary/aromatic N) is 1. The molecular formula is C13H11BrClFN2O2S. The Morgan fingerprint density at radius 2 is 2.00 bits per heavy atom. The lowest BCUT2D eigenvalue weighted by atomic mass is 10.2. The number of rotatable bonds is 3. The Hall–Kier alpha value is -1.18. The molecular weight excluding hydrogens is 383 g/mol. The summed E-state index contributed by atoms with van der Waals surface area (Å²) in [4.78, 5) is 3.60. The molecule has 2 rings (SSSR count). The lowest BCUT2D eigenvalue weighted by Crippen LogP contribution is -2.16. The summed E-state index contributed by atoms with van der Waals surface area (Å²) in [5.74, 6) is -0.909. The maximum absolute atomic E-state index is 13.8. The second kappa shape index (κ2) is 5.90. The van der Waals surface area contributed by atoms with Crippen LogP contribution >= 0.6 is 27.5 Å². The predicted molar refractivity (Wildman–Crippen MR) is 83.6 cm³/mol. The number of hydrogen-bond donors (Lipinski definition) is 1. The summed E-state index contributed by atoms with van der Waals surface area (Å²) in [6, 6.07) is 3.39. The van der Waals surface area contributed by atoms with Crippen LogP contribution in [0.15, 0.2) is 33.8 Å². The van der Waals surface area contributed by atoms with E-state index in [1.807, 2.05) is 0 Å². The average Bonchev–Trinajstić information content (AvgIpc) is 2.39. The topological polar surface area (TPSA) is 59.1 Å². The van der Waals surface area contributed by atoms with Crippen LogP contribution in [0.2, 0.25) is 5.02 Å². The van der Waals surface area contributed by atoms with Crippen LogP contribution < -0.4 is 4.72 Å². The van der Waals surface area contributed by atoms with Crippen molar-refractivity contribution < 1.29 is 12.8 Å². The lowest BCUT2D eigenvalue weighted by Gasteiger charge is -2.14.